The number of amides is 1. The topological polar surface area (TPSA) is 38.3 Å². The summed E-state index contributed by atoms with van der Waals surface area (Å²) in [4.78, 5) is 12.1. The number of anilines is 1. The molecule has 128 valence electrons. The highest BCUT2D eigenvalue weighted by molar-refractivity contribution is 9.10. The van der Waals surface area contributed by atoms with Crippen LogP contribution in [0.5, 0.6) is 5.75 Å². The first-order valence-corrected chi connectivity index (χ1v) is 8.99. The van der Waals surface area contributed by atoms with Crippen molar-refractivity contribution in [1.29, 1.82) is 0 Å². The minimum absolute atomic E-state index is 0.00493. The fraction of sp³-hybridized carbons (Fsp3) is 0.350. The lowest BCUT2D eigenvalue weighted by Gasteiger charge is -2.12. The van der Waals surface area contributed by atoms with Crippen LogP contribution in [0.15, 0.2) is 40.9 Å². The second kappa shape index (κ2) is 8.34. The van der Waals surface area contributed by atoms with Crippen LogP contribution in [0.4, 0.5) is 5.69 Å². The van der Waals surface area contributed by atoms with Crippen molar-refractivity contribution in [2.45, 2.75) is 40.0 Å². The van der Waals surface area contributed by atoms with E-state index in [-0.39, 0.29) is 12.5 Å². The second-order valence-corrected chi connectivity index (χ2v) is 6.99. The van der Waals surface area contributed by atoms with E-state index in [1.165, 1.54) is 5.56 Å². The van der Waals surface area contributed by atoms with Crippen molar-refractivity contribution in [3.8, 4) is 5.75 Å². The zero-order valence-corrected chi connectivity index (χ0v) is 16.2. The van der Waals surface area contributed by atoms with Crippen LogP contribution in [0.25, 0.3) is 0 Å². The summed E-state index contributed by atoms with van der Waals surface area (Å²) in [5.74, 6) is 1.10. The van der Waals surface area contributed by atoms with Gasteiger partial charge in [-0.25, -0.2) is 0 Å². The van der Waals surface area contributed by atoms with Crippen molar-refractivity contribution in [3.63, 3.8) is 0 Å². The highest BCUT2D eigenvalue weighted by Crippen LogP contribution is 2.26. The summed E-state index contributed by atoms with van der Waals surface area (Å²) < 4.78 is 6.69. The summed E-state index contributed by atoms with van der Waals surface area (Å²) in [7, 11) is 0. The third kappa shape index (κ3) is 4.84. The molecule has 0 heterocycles. The monoisotopic (exact) mass is 389 g/mol. The summed E-state index contributed by atoms with van der Waals surface area (Å²) in [5.41, 5.74) is 4.15. The van der Waals surface area contributed by atoms with Crippen molar-refractivity contribution in [1.82, 2.24) is 0 Å². The molecule has 0 spiro atoms. The molecule has 0 saturated heterocycles. The van der Waals surface area contributed by atoms with Crippen LogP contribution in [0.1, 0.15) is 42.9 Å². The normalized spacial score (nSPS) is 11.9. The van der Waals surface area contributed by atoms with E-state index in [9.17, 15) is 4.79 Å². The van der Waals surface area contributed by atoms with E-state index in [2.05, 4.69) is 47.2 Å². The molecule has 0 aliphatic heterocycles. The van der Waals surface area contributed by atoms with E-state index in [4.69, 9.17) is 4.74 Å². The molecule has 0 saturated carbocycles. The molecule has 1 unspecified atom stereocenters. The van der Waals surface area contributed by atoms with Crippen LogP contribution in [0.2, 0.25) is 0 Å². The molecule has 1 amide bonds. The molecule has 0 aliphatic rings. The molecular weight excluding hydrogens is 366 g/mol. The average Bonchev–Trinajstić information content (AvgIpc) is 2.57. The Morgan fingerprint density at radius 3 is 2.46 bits per heavy atom. The van der Waals surface area contributed by atoms with Crippen LogP contribution in [0, 0.1) is 13.8 Å². The number of aryl methyl sites for hydroxylation is 2. The van der Waals surface area contributed by atoms with Gasteiger partial charge in [-0.3, -0.25) is 4.79 Å². The Kier molecular flexibility index (Phi) is 6.44. The lowest BCUT2D eigenvalue weighted by Crippen LogP contribution is -2.20. The lowest BCUT2D eigenvalue weighted by atomic mass is 9.99. The van der Waals surface area contributed by atoms with E-state index in [1.807, 2.05) is 38.1 Å². The van der Waals surface area contributed by atoms with Gasteiger partial charge in [0, 0.05) is 10.2 Å². The predicted molar refractivity (Wildman–Crippen MR) is 103 cm³/mol. The third-order valence-electron chi connectivity index (χ3n) is 4.19. The molecule has 4 heteroatoms. The number of rotatable bonds is 6. The van der Waals surface area contributed by atoms with Gasteiger partial charge in [0.1, 0.15) is 5.75 Å². The molecule has 0 bridgehead atoms. The average molecular weight is 390 g/mol. The van der Waals surface area contributed by atoms with Gasteiger partial charge < -0.3 is 10.1 Å². The molecule has 0 aliphatic carbocycles. The molecule has 1 atom stereocenters. The Bertz CT molecular complexity index is 710. The van der Waals surface area contributed by atoms with Crippen molar-refractivity contribution in [2.75, 3.05) is 11.9 Å². The smallest absolute Gasteiger partial charge is 0.262 e. The molecular formula is C20H24BrNO2. The SMILES string of the molecule is CCC(C)c1ccc(NC(=O)COc2cc(C)c(Br)cc2C)cc1. The largest absolute Gasteiger partial charge is 0.483 e. The Balaban J connectivity index is 1.93. The quantitative estimate of drug-likeness (QED) is 0.698. The van der Waals surface area contributed by atoms with Crippen LogP contribution >= 0.6 is 15.9 Å². The van der Waals surface area contributed by atoms with Gasteiger partial charge >= 0.3 is 0 Å². The fourth-order valence-corrected chi connectivity index (χ4v) is 2.84. The Hall–Kier alpha value is -1.81. The number of ether oxygens (including phenoxy) is 1. The molecule has 3 nitrogen and oxygen atoms in total. The molecule has 2 aromatic rings. The summed E-state index contributed by atoms with van der Waals surface area (Å²) in [6.45, 7) is 8.32. The zero-order valence-electron chi connectivity index (χ0n) is 14.7. The lowest BCUT2D eigenvalue weighted by molar-refractivity contribution is -0.118. The Labute approximate surface area is 152 Å². The van der Waals surface area contributed by atoms with E-state index >= 15 is 0 Å². The number of carbonyl (C=O) groups is 1. The zero-order chi connectivity index (χ0) is 17.7. The van der Waals surface area contributed by atoms with Crippen LogP contribution in [-0.2, 0) is 4.79 Å². The number of carbonyl (C=O) groups excluding carboxylic acids is 1. The maximum Gasteiger partial charge on any atom is 0.262 e. The minimum Gasteiger partial charge on any atom is -0.483 e. The number of halogens is 1. The molecule has 0 fully saturated rings. The first-order valence-electron chi connectivity index (χ1n) is 8.20. The molecule has 2 aromatic carbocycles. The summed E-state index contributed by atoms with van der Waals surface area (Å²) in [6.07, 6.45) is 1.10. The van der Waals surface area contributed by atoms with Gasteiger partial charge in [-0.2, -0.15) is 0 Å². The second-order valence-electron chi connectivity index (χ2n) is 6.14. The highest BCUT2D eigenvalue weighted by atomic mass is 79.9. The Morgan fingerprint density at radius 1 is 1.17 bits per heavy atom. The minimum atomic E-state index is -0.161. The third-order valence-corrected chi connectivity index (χ3v) is 5.05. The van der Waals surface area contributed by atoms with Gasteiger partial charge in [0.25, 0.3) is 5.91 Å². The standard InChI is InChI=1S/C20H24BrNO2/c1-5-13(2)16-6-8-17(9-7-16)22-20(23)12-24-19-11-14(3)18(21)10-15(19)4/h6-11,13H,5,12H2,1-4H3,(H,22,23). The van der Waals surface area contributed by atoms with E-state index in [1.54, 1.807) is 0 Å². The predicted octanol–water partition coefficient (Wildman–Crippen LogP) is 5.60. The first kappa shape index (κ1) is 18.5. The van der Waals surface area contributed by atoms with E-state index in [0.717, 1.165) is 33.5 Å². The van der Waals surface area contributed by atoms with Gasteiger partial charge in [0.2, 0.25) is 0 Å². The first-order chi connectivity index (χ1) is 11.4. The molecule has 24 heavy (non-hydrogen) atoms. The fourth-order valence-electron chi connectivity index (χ4n) is 2.38. The van der Waals surface area contributed by atoms with Crippen LogP contribution < -0.4 is 10.1 Å². The van der Waals surface area contributed by atoms with Crippen LogP contribution in [0.3, 0.4) is 0 Å². The van der Waals surface area contributed by atoms with Gasteiger partial charge in [0.15, 0.2) is 6.61 Å². The molecule has 0 radical (unpaired) electrons. The maximum atomic E-state index is 12.1. The number of hydrogen-bond acceptors (Lipinski definition) is 2. The summed E-state index contributed by atoms with van der Waals surface area (Å²) >= 11 is 3.49. The van der Waals surface area contributed by atoms with Gasteiger partial charge in [0.05, 0.1) is 0 Å². The summed E-state index contributed by atoms with van der Waals surface area (Å²) in [5, 5.41) is 2.87. The van der Waals surface area contributed by atoms with Crippen molar-refractivity contribution in [2.24, 2.45) is 0 Å². The van der Waals surface area contributed by atoms with Crippen LogP contribution in [-0.4, -0.2) is 12.5 Å². The molecule has 2 rings (SSSR count). The summed E-state index contributed by atoms with van der Waals surface area (Å²) in [6, 6.07) is 11.9. The van der Waals surface area contributed by atoms with Gasteiger partial charge in [-0.1, -0.05) is 41.9 Å². The molecule has 0 aromatic heterocycles. The van der Waals surface area contributed by atoms with E-state index in [0.29, 0.717) is 5.92 Å². The highest BCUT2D eigenvalue weighted by Gasteiger charge is 2.08. The molecule has 1 N–H and O–H groups in total. The Morgan fingerprint density at radius 2 is 1.83 bits per heavy atom. The van der Waals surface area contributed by atoms with Gasteiger partial charge in [-0.15, -0.1) is 0 Å². The van der Waals surface area contributed by atoms with Crippen molar-refractivity contribution in [3.05, 3.63) is 57.6 Å². The number of hydrogen-bond donors (Lipinski definition) is 1. The van der Waals surface area contributed by atoms with E-state index < -0.39 is 0 Å². The number of nitrogens with one attached hydrogen (secondary N) is 1. The van der Waals surface area contributed by atoms with Crippen molar-refractivity contribution < 1.29 is 9.53 Å². The van der Waals surface area contributed by atoms with Gasteiger partial charge in [-0.05, 0) is 67.1 Å². The number of benzene rings is 2. The van der Waals surface area contributed by atoms with Crippen molar-refractivity contribution >= 4 is 27.5 Å². The maximum absolute atomic E-state index is 12.1.